The number of hydrogen-bond donors (Lipinski definition) is 2. The molecule has 4 rings (SSSR count). The maximum absolute atomic E-state index is 13.6. The Bertz CT molecular complexity index is 503. The molecule has 22 heavy (non-hydrogen) atoms. The van der Waals surface area contributed by atoms with Crippen molar-refractivity contribution in [3.05, 3.63) is 0 Å². The first-order valence-corrected chi connectivity index (χ1v) is 7.67. The van der Waals surface area contributed by atoms with Gasteiger partial charge in [0.2, 0.25) is 5.91 Å². The molecule has 4 saturated carbocycles. The minimum atomic E-state index is -4.30. The quantitative estimate of drug-likeness (QED) is 0.840. The number of nitrogens with one attached hydrogen (secondary N) is 1. The van der Waals surface area contributed by atoms with Gasteiger partial charge in [0, 0.05) is 0 Å². The van der Waals surface area contributed by atoms with Crippen molar-refractivity contribution < 1.29 is 27.9 Å². The van der Waals surface area contributed by atoms with E-state index in [2.05, 4.69) is 5.32 Å². The zero-order valence-corrected chi connectivity index (χ0v) is 12.4. The van der Waals surface area contributed by atoms with Gasteiger partial charge in [0.05, 0.1) is 10.8 Å². The van der Waals surface area contributed by atoms with Crippen LogP contribution in [0.4, 0.5) is 13.2 Å². The molecule has 2 unspecified atom stereocenters. The molecule has 124 valence electrons. The Morgan fingerprint density at radius 1 is 1.18 bits per heavy atom. The molecule has 0 aromatic carbocycles. The summed E-state index contributed by atoms with van der Waals surface area (Å²) in [6, 6.07) is -1.08. The van der Waals surface area contributed by atoms with E-state index in [1.54, 1.807) is 0 Å². The highest BCUT2D eigenvalue weighted by atomic mass is 19.4. The molecule has 4 bridgehead atoms. The van der Waals surface area contributed by atoms with E-state index >= 15 is 0 Å². The molecular weight excluding hydrogens is 299 g/mol. The molecule has 4 nitrogen and oxygen atoms in total. The third kappa shape index (κ3) is 2.20. The monoisotopic (exact) mass is 319 g/mol. The van der Waals surface area contributed by atoms with E-state index in [4.69, 9.17) is 5.11 Å². The van der Waals surface area contributed by atoms with Gasteiger partial charge >= 0.3 is 12.1 Å². The van der Waals surface area contributed by atoms with Crippen molar-refractivity contribution in [2.24, 2.45) is 22.7 Å². The minimum absolute atomic E-state index is 0.0752. The van der Waals surface area contributed by atoms with Gasteiger partial charge < -0.3 is 10.4 Å². The molecule has 4 fully saturated rings. The van der Waals surface area contributed by atoms with Crippen LogP contribution in [0.1, 0.15) is 45.4 Å². The van der Waals surface area contributed by atoms with Gasteiger partial charge in [0.1, 0.15) is 6.04 Å². The average Bonchev–Trinajstić information content (AvgIpc) is 2.35. The Labute approximate surface area is 126 Å². The van der Waals surface area contributed by atoms with Gasteiger partial charge in [-0.15, -0.1) is 0 Å². The summed E-state index contributed by atoms with van der Waals surface area (Å²) in [5, 5.41) is 11.3. The van der Waals surface area contributed by atoms with Crippen LogP contribution in [0.25, 0.3) is 0 Å². The van der Waals surface area contributed by atoms with Crippen molar-refractivity contribution in [2.75, 3.05) is 0 Å². The number of aliphatic carboxylic acids is 1. The topological polar surface area (TPSA) is 66.4 Å². The van der Waals surface area contributed by atoms with Crippen LogP contribution in [-0.2, 0) is 9.59 Å². The lowest BCUT2D eigenvalue weighted by Gasteiger charge is -2.61. The van der Waals surface area contributed by atoms with Gasteiger partial charge in [-0.3, -0.25) is 9.59 Å². The predicted octanol–water partition coefficient (Wildman–Crippen LogP) is 2.72. The van der Waals surface area contributed by atoms with Gasteiger partial charge in [-0.1, -0.05) is 0 Å². The van der Waals surface area contributed by atoms with Gasteiger partial charge in [0.15, 0.2) is 0 Å². The summed E-state index contributed by atoms with van der Waals surface area (Å²) >= 11 is 0. The Kier molecular flexibility index (Phi) is 3.28. The van der Waals surface area contributed by atoms with E-state index in [1.807, 2.05) is 0 Å². The van der Waals surface area contributed by atoms with E-state index in [0.717, 1.165) is 6.42 Å². The largest absolute Gasteiger partial charge is 0.480 e. The Morgan fingerprint density at radius 3 is 2.18 bits per heavy atom. The predicted molar refractivity (Wildman–Crippen MR) is 70.8 cm³/mol. The van der Waals surface area contributed by atoms with Crippen LogP contribution in [0, 0.1) is 22.7 Å². The van der Waals surface area contributed by atoms with Crippen molar-refractivity contribution in [1.82, 2.24) is 5.32 Å². The molecule has 0 aromatic rings. The van der Waals surface area contributed by atoms with Crippen molar-refractivity contribution in [1.29, 1.82) is 0 Å². The average molecular weight is 319 g/mol. The molecule has 2 N–H and O–H groups in total. The molecule has 0 aliphatic heterocycles. The zero-order valence-electron chi connectivity index (χ0n) is 12.4. The third-order valence-corrected chi connectivity index (χ3v) is 5.86. The second-order valence-corrected chi connectivity index (χ2v) is 7.55. The van der Waals surface area contributed by atoms with Crippen molar-refractivity contribution in [3.63, 3.8) is 0 Å². The summed E-state index contributed by atoms with van der Waals surface area (Å²) in [6.45, 7) is 1.33. The Balaban J connectivity index is 1.88. The highest BCUT2D eigenvalue weighted by molar-refractivity contribution is 5.87. The molecular formula is C15H20F3NO3. The summed E-state index contributed by atoms with van der Waals surface area (Å²) in [4.78, 5) is 23.4. The van der Waals surface area contributed by atoms with Crippen molar-refractivity contribution >= 4 is 11.9 Å². The van der Waals surface area contributed by atoms with Crippen LogP contribution >= 0.6 is 0 Å². The first kappa shape index (κ1) is 15.6. The number of carboxylic acids is 1. The number of rotatable bonds is 3. The summed E-state index contributed by atoms with van der Waals surface area (Å²) in [7, 11) is 0. The number of carbonyl (C=O) groups is 2. The summed E-state index contributed by atoms with van der Waals surface area (Å²) in [5.74, 6) is -1.84. The number of carbonyl (C=O) groups excluding carboxylic acids is 1. The molecule has 0 spiro atoms. The number of alkyl halides is 3. The second kappa shape index (κ2) is 4.61. The van der Waals surface area contributed by atoms with Crippen LogP contribution in [0.2, 0.25) is 0 Å². The lowest BCUT2D eigenvalue weighted by Crippen LogP contribution is -2.62. The first-order chi connectivity index (χ1) is 10.1. The number of halogens is 3. The van der Waals surface area contributed by atoms with Crippen LogP contribution < -0.4 is 5.32 Å². The van der Waals surface area contributed by atoms with Crippen LogP contribution in [0.3, 0.4) is 0 Å². The van der Waals surface area contributed by atoms with Crippen LogP contribution in [0.15, 0.2) is 0 Å². The highest BCUT2D eigenvalue weighted by Gasteiger charge is 2.68. The normalized spacial score (nSPS) is 41.3. The fraction of sp³-hybridized carbons (Fsp3) is 0.867. The van der Waals surface area contributed by atoms with E-state index in [-0.39, 0.29) is 31.1 Å². The van der Waals surface area contributed by atoms with Gasteiger partial charge in [-0.2, -0.15) is 13.2 Å². The van der Waals surface area contributed by atoms with E-state index in [9.17, 15) is 22.8 Å². The fourth-order valence-corrected chi connectivity index (χ4v) is 5.27. The SMILES string of the molecule is C[C@@H](NC(=O)C12CC3CC(C1)CC(C(F)(F)F)(C3)C2)C(=O)O. The Morgan fingerprint density at radius 2 is 1.73 bits per heavy atom. The summed E-state index contributed by atoms with van der Waals surface area (Å²) < 4.78 is 40.8. The lowest BCUT2D eigenvalue weighted by molar-refractivity contribution is -0.283. The molecule has 0 radical (unpaired) electrons. The molecule has 4 aliphatic carbocycles. The standard InChI is InChI=1S/C15H20F3NO3/c1-8(11(20)21)19-12(22)13-3-9-2-10(4-13)6-14(5-9,7-13)15(16,17)18/h8-10H,2-7H2,1H3,(H,19,22)(H,20,21)/t8-,9?,10?,13?,14?/m1/s1. The summed E-state index contributed by atoms with van der Waals surface area (Å²) in [6.07, 6.45) is -2.56. The van der Waals surface area contributed by atoms with E-state index in [0.29, 0.717) is 12.8 Å². The van der Waals surface area contributed by atoms with Crippen molar-refractivity contribution in [3.8, 4) is 0 Å². The number of carboxylic acid groups (broad SMARTS) is 1. The van der Waals surface area contributed by atoms with Gasteiger partial charge in [-0.25, -0.2) is 0 Å². The van der Waals surface area contributed by atoms with Crippen LogP contribution in [-0.4, -0.2) is 29.2 Å². The molecule has 0 aromatic heterocycles. The van der Waals surface area contributed by atoms with Crippen molar-refractivity contribution in [2.45, 2.75) is 57.7 Å². The first-order valence-electron chi connectivity index (χ1n) is 7.67. The number of amides is 1. The number of hydrogen-bond acceptors (Lipinski definition) is 2. The molecule has 0 heterocycles. The van der Waals surface area contributed by atoms with E-state index < -0.39 is 34.9 Å². The third-order valence-electron chi connectivity index (χ3n) is 5.86. The lowest BCUT2D eigenvalue weighted by atomic mass is 9.43. The fourth-order valence-electron chi connectivity index (χ4n) is 5.27. The molecule has 0 saturated heterocycles. The molecule has 4 aliphatic rings. The summed E-state index contributed by atoms with van der Waals surface area (Å²) in [5.41, 5.74) is -2.79. The molecule has 1 amide bonds. The maximum atomic E-state index is 13.6. The van der Waals surface area contributed by atoms with Crippen LogP contribution in [0.5, 0.6) is 0 Å². The highest BCUT2D eigenvalue weighted by Crippen LogP contribution is 2.69. The Hall–Kier alpha value is -1.27. The minimum Gasteiger partial charge on any atom is -0.480 e. The van der Waals surface area contributed by atoms with Gasteiger partial charge in [0.25, 0.3) is 0 Å². The van der Waals surface area contributed by atoms with Gasteiger partial charge in [-0.05, 0) is 57.3 Å². The molecule has 7 heteroatoms. The molecule has 3 atom stereocenters. The zero-order chi connectivity index (χ0) is 16.3. The maximum Gasteiger partial charge on any atom is 0.394 e. The smallest absolute Gasteiger partial charge is 0.394 e. The van der Waals surface area contributed by atoms with E-state index in [1.165, 1.54) is 6.92 Å². The second-order valence-electron chi connectivity index (χ2n) is 7.55.